The van der Waals surface area contributed by atoms with Gasteiger partial charge in [0.15, 0.2) is 0 Å². The van der Waals surface area contributed by atoms with Crippen LogP contribution >= 0.6 is 0 Å². The first-order valence-electron chi connectivity index (χ1n) is 6.40. The number of carbonyl (C=O) groups excluding carboxylic acids is 1. The molecule has 0 saturated carbocycles. The Morgan fingerprint density at radius 3 is 2.94 bits per heavy atom. The van der Waals surface area contributed by atoms with Gasteiger partial charge < -0.3 is 15.8 Å². The maximum absolute atomic E-state index is 11.7. The molecule has 0 fully saturated rings. The van der Waals surface area contributed by atoms with Crippen LogP contribution in [0.25, 0.3) is 0 Å². The van der Waals surface area contributed by atoms with Crippen LogP contribution in [0.15, 0.2) is 24.3 Å². The maximum atomic E-state index is 11.7. The standard InChI is InChI=1S/C14H22N2O2/c1-3-18-13-8-5-7-12(10-13)16-14(17)9-4-6-11(2)15/h5,7-8,10-11H,3-4,6,9,15H2,1-2H3,(H,16,17). The highest BCUT2D eigenvalue weighted by molar-refractivity contribution is 5.90. The molecule has 1 atom stereocenters. The molecule has 1 amide bonds. The number of nitrogens with two attached hydrogens (primary N) is 1. The maximum Gasteiger partial charge on any atom is 0.224 e. The number of hydrogen-bond donors (Lipinski definition) is 2. The van der Waals surface area contributed by atoms with Crippen LogP contribution in [0, 0.1) is 0 Å². The molecule has 1 unspecified atom stereocenters. The van der Waals surface area contributed by atoms with Crippen LogP contribution in [0.1, 0.15) is 33.1 Å². The molecular weight excluding hydrogens is 228 g/mol. The van der Waals surface area contributed by atoms with E-state index in [-0.39, 0.29) is 11.9 Å². The Labute approximate surface area is 109 Å². The predicted octanol–water partition coefficient (Wildman–Crippen LogP) is 2.54. The number of rotatable bonds is 7. The number of anilines is 1. The summed E-state index contributed by atoms with van der Waals surface area (Å²) < 4.78 is 5.37. The summed E-state index contributed by atoms with van der Waals surface area (Å²) in [6.45, 7) is 4.49. The van der Waals surface area contributed by atoms with E-state index in [1.807, 2.05) is 38.1 Å². The lowest BCUT2D eigenvalue weighted by atomic mass is 10.1. The Kier molecular flexibility index (Phi) is 6.22. The van der Waals surface area contributed by atoms with Gasteiger partial charge in [-0.25, -0.2) is 0 Å². The zero-order valence-corrected chi connectivity index (χ0v) is 11.1. The van der Waals surface area contributed by atoms with E-state index in [0.29, 0.717) is 13.0 Å². The van der Waals surface area contributed by atoms with E-state index >= 15 is 0 Å². The van der Waals surface area contributed by atoms with Crippen LogP contribution in [0.4, 0.5) is 5.69 Å². The fourth-order valence-corrected chi connectivity index (χ4v) is 1.64. The van der Waals surface area contributed by atoms with Crippen molar-refractivity contribution in [3.05, 3.63) is 24.3 Å². The fourth-order valence-electron chi connectivity index (χ4n) is 1.64. The molecule has 1 rings (SSSR count). The molecule has 0 radical (unpaired) electrons. The third kappa shape index (κ3) is 5.68. The van der Waals surface area contributed by atoms with Crippen molar-refractivity contribution < 1.29 is 9.53 Å². The van der Waals surface area contributed by atoms with E-state index in [2.05, 4.69) is 5.32 Å². The van der Waals surface area contributed by atoms with Crippen LogP contribution in [0.3, 0.4) is 0 Å². The van der Waals surface area contributed by atoms with Gasteiger partial charge in [-0.15, -0.1) is 0 Å². The Bertz CT molecular complexity index is 378. The monoisotopic (exact) mass is 250 g/mol. The molecule has 0 saturated heterocycles. The number of benzene rings is 1. The van der Waals surface area contributed by atoms with Crippen molar-refractivity contribution >= 4 is 11.6 Å². The Hall–Kier alpha value is -1.55. The van der Waals surface area contributed by atoms with Crippen LogP contribution in [0.5, 0.6) is 5.75 Å². The summed E-state index contributed by atoms with van der Waals surface area (Å²) in [7, 11) is 0. The Morgan fingerprint density at radius 2 is 2.28 bits per heavy atom. The van der Waals surface area contributed by atoms with Gasteiger partial charge >= 0.3 is 0 Å². The summed E-state index contributed by atoms with van der Waals surface area (Å²) in [6, 6.07) is 7.57. The van der Waals surface area contributed by atoms with Crippen LogP contribution in [-0.2, 0) is 4.79 Å². The predicted molar refractivity (Wildman–Crippen MR) is 73.7 cm³/mol. The van der Waals surface area contributed by atoms with Gasteiger partial charge in [0.2, 0.25) is 5.91 Å². The second kappa shape index (κ2) is 7.71. The highest BCUT2D eigenvalue weighted by Crippen LogP contribution is 2.17. The normalized spacial score (nSPS) is 11.9. The minimum Gasteiger partial charge on any atom is -0.494 e. The number of ether oxygens (including phenoxy) is 1. The first kappa shape index (κ1) is 14.5. The van der Waals surface area contributed by atoms with Gasteiger partial charge in [0, 0.05) is 24.2 Å². The SMILES string of the molecule is CCOc1cccc(NC(=O)CCCC(C)N)c1. The Morgan fingerprint density at radius 1 is 1.50 bits per heavy atom. The smallest absolute Gasteiger partial charge is 0.224 e. The van der Waals surface area contributed by atoms with Gasteiger partial charge in [-0.05, 0) is 38.8 Å². The first-order chi connectivity index (χ1) is 8.61. The van der Waals surface area contributed by atoms with E-state index in [4.69, 9.17) is 10.5 Å². The van der Waals surface area contributed by atoms with E-state index in [0.717, 1.165) is 24.3 Å². The zero-order chi connectivity index (χ0) is 13.4. The molecule has 0 aliphatic rings. The van der Waals surface area contributed by atoms with E-state index in [9.17, 15) is 4.79 Å². The van der Waals surface area contributed by atoms with Gasteiger partial charge in [-0.3, -0.25) is 4.79 Å². The topological polar surface area (TPSA) is 64.3 Å². The Balaban J connectivity index is 2.41. The number of hydrogen-bond acceptors (Lipinski definition) is 3. The molecule has 0 spiro atoms. The molecule has 100 valence electrons. The minimum atomic E-state index is 0.0179. The quantitative estimate of drug-likeness (QED) is 0.781. The number of nitrogens with one attached hydrogen (secondary N) is 1. The highest BCUT2D eigenvalue weighted by atomic mass is 16.5. The lowest BCUT2D eigenvalue weighted by Gasteiger charge is -2.08. The lowest BCUT2D eigenvalue weighted by molar-refractivity contribution is -0.116. The summed E-state index contributed by atoms with van der Waals surface area (Å²) in [6.07, 6.45) is 2.18. The molecule has 4 heteroatoms. The molecule has 0 aliphatic carbocycles. The van der Waals surface area contributed by atoms with Gasteiger partial charge in [-0.1, -0.05) is 6.07 Å². The summed E-state index contributed by atoms with van der Waals surface area (Å²) in [5.41, 5.74) is 6.41. The third-order valence-electron chi connectivity index (χ3n) is 2.49. The van der Waals surface area contributed by atoms with Crippen molar-refractivity contribution in [3.8, 4) is 5.75 Å². The van der Waals surface area contributed by atoms with Crippen molar-refractivity contribution in [2.45, 2.75) is 39.2 Å². The molecule has 0 aliphatic heterocycles. The summed E-state index contributed by atoms with van der Waals surface area (Å²) in [5, 5.41) is 2.85. The van der Waals surface area contributed by atoms with Crippen LogP contribution < -0.4 is 15.8 Å². The molecule has 0 aromatic heterocycles. The lowest BCUT2D eigenvalue weighted by Crippen LogP contribution is -2.16. The third-order valence-corrected chi connectivity index (χ3v) is 2.49. The van der Waals surface area contributed by atoms with Crippen LogP contribution in [0.2, 0.25) is 0 Å². The van der Waals surface area contributed by atoms with Crippen LogP contribution in [-0.4, -0.2) is 18.6 Å². The fraction of sp³-hybridized carbons (Fsp3) is 0.500. The average Bonchev–Trinajstić information content (AvgIpc) is 2.29. The molecule has 0 heterocycles. The van der Waals surface area contributed by atoms with Crippen molar-refractivity contribution in [2.24, 2.45) is 5.73 Å². The van der Waals surface area contributed by atoms with Crippen molar-refractivity contribution in [3.63, 3.8) is 0 Å². The summed E-state index contributed by atoms with van der Waals surface area (Å²) in [4.78, 5) is 11.7. The minimum absolute atomic E-state index is 0.0179. The van der Waals surface area contributed by atoms with Crippen molar-refractivity contribution in [2.75, 3.05) is 11.9 Å². The van der Waals surface area contributed by atoms with E-state index in [1.165, 1.54) is 0 Å². The largest absolute Gasteiger partial charge is 0.494 e. The van der Waals surface area contributed by atoms with Crippen molar-refractivity contribution in [1.29, 1.82) is 0 Å². The van der Waals surface area contributed by atoms with E-state index in [1.54, 1.807) is 0 Å². The van der Waals surface area contributed by atoms with Gasteiger partial charge in [0.1, 0.15) is 5.75 Å². The van der Waals surface area contributed by atoms with Gasteiger partial charge in [0.25, 0.3) is 0 Å². The zero-order valence-electron chi connectivity index (χ0n) is 11.1. The highest BCUT2D eigenvalue weighted by Gasteiger charge is 2.04. The van der Waals surface area contributed by atoms with Gasteiger partial charge in [0.05, 0.1) is 6.61 Å². The summed E-state index contributed by atoms with van der Waals surface area (Å²) in [5.74, 6) is 0.787. The first-order valence-corrected chi connectivity index (χ1v) is 6.40. The number of carbonyl (C=O) groups is 1. The summed E-state index contributed by atoms with van der Waals surface area (Å²) >= 11 is 0. The van der Waals surface area contributed by atoms with E-state index < -0.39 is 0 Å². The molecule has 1 aromatic carbocycles. The van der Waals surface area contributed by atoms with Crippen molar-refractivity contribution in [1.82, 2.24) is 0 Å². The van der Waals surface area contributed by atoms with Gasteiger partial charge in [-0.2, -0.15) is 0 Å². The second-order valence-electron chi connectivity index (χ2n) is 4.38. The molecule has 0 bridgehead atoms. The molecule has 3 N–H and O–H groups in total. The molecule has 4 nitrogen and oxygen atoms in total. The number of amides is 1. The molecular formula is C14H22N2O2. The molecule has 1 aromatic rings. The second-order valence-corrected chi connectivity index (χ2v) is 4.38. The molecule has 18 heavy (non-hydrogen) atoms. The average molecular weight is 250 g/mol.